The zero-order valence-corrected chi connectivity index (χ0v) is 8.84. The van der Waals surface area contributed by atoms with E-state index >= 15 is 0 Å². The Balaban J connectivity index is 2.23. The summed E-state index contributed by atoms with van der Waals surface area (Å²) in [7, 11) is 1.72. The molecule has 0 radical (unpaired) electrons. The molecule has 0 atom stereocenters. The molecule has 76 valence electrons. The molecule has 0 spiro atoms. The fourth-order valence-corrected chi connectivity index (χ4v) is 1.71. The van der Waals surface area contributed by atoms with Gasteiger partial charge in [0.05, 0.1) is 7.11 Å². The van der Waals surface area contributed by atoms with Gasteiger partial charge in [0.15, 0.2) is 0 Å². The van der Waals surface area contributed by atoms with Crippen molar-refractivity contribution in [2.45, 2.75) is 31.7 Å². The maximum atomic E-state index is 6.08. The average molecular weight is 191 g/mol. The number of benzene rings is 1. The lowest BCUT2D eigenvalue weighted by molar-refractivity contribution is 0.407. The van der Waals surface area contributed by atoms with Crippen LogP contribution in [-0.4, -0.2) is 12.6 Å². The Kier molecular flexibility index (Phi) is 2.23. The zero-order valence-electron chi connectivity index (χ0n) is 8.84. The van der Waals surface area contributed by atoms with Crippen LogP contribution in [0.5, 0.6) is 5.75 Å². The molecule has 0 bridgehead atoms. The molecule has 2 nitrogen and oxygen atoms in total. The summed E-state index contributed by atoms with van der Waals surface area (Å²) in [6.45, 7) is 2.07. The Bertz CT molecular complexity index is 342. The van der Waals surface area contributed by atoms with Crippen LogP contribution in [0, 0.1) is 6.92 Å². The smallest absolute Gasteiger partial charge is 0.122 e. The summed E-state index contributed by atoms with van der Waals surface area (Å²) in [4.78, 5) is 0. The standard InChI is InChI=1S/C12H17NO/c1-9-3-4-10(11(7-9)14-2)8-12(13)5-6-12/h3-4,7H,5-6,8,13H2,1-2H3. The molecule has 1 aromatic carbocycles. The Morgan fingerprint density at radius 3 is 2.71 bits per heavy atom. The van der Waals surface area contributed by atoms with Crippen molar-refractivity contribution < 1.29 is 4.74 Å². The molecule has 2 N–H and O–H groups in total. The highest BCUT2D eigenvalue weighted by molar-refractivity contribution is 5.39. The third-order valence-corrected chi connectivity index (χ3v) is 2.88. The fourth-order valence-electron chi connectivity index (χ4n) is 1.71. The van der Waals surface area contributed by atoms with Crippen molar-refractivity contribution in [2.75, 3.05) is 7.11 Å². The van der Waals surface area contributed by atoms with E-state index in [4.69, 9.17) is 10.5 Å². The number of rotatable bonds is 3. The molecule has 1 aromatic rings. The van der Waals surface area contributed by atoms with Crippen LogP contribution >= 0.6 is 0 Å². The summed E-state index contributed by atoms with van der Waals surface area (Å²) in [5, 5.41) is 0. The van der Waals surface area contributed by atoms with Gasteiger partial charge in [0.1, 0.15) is 5.75 Å². The highest BCUT2D eigenvalue weighted by atomic mass is 16.5. The van der Waals surface area contributed by atoms with Crippen LogP contribution in [0.4, 0.5) is 0 Å². The molecule has 0 heterocycles. The van der Waals surface area contributed by atoms with Gasteiger partial charge in [0.2, 0.25) is 0 Å². The van der Waals surface area contributed by atoms with Gasteiger partial charge in [-0.2, -0.15) is 0 Å². The molecule has 0 aromatic heterocycles. The van der Waals surface area contributed by atoms with E-state index in [1.165, 1.54) is 11.1 Å². The molecule has 2 rings (SSSR count). The largest absolute Gasteiger partial charge is 0.496 e. The fraction of sp³-hybridized carbons (Fsp3) is 0.500. The quantitative estimate of drug-likeness (QED) is 0.793. The van der Waals surface area contributed by atoms with Crippen LogP contribution in [0.25, 0.3) is 0 Å². The lowest BCUT2D eigenvalue weighted by Crippen LogP contribution is -2.24. The number of ether oxygens (including phenoxy) is 1. The van der Waals surface area contributed by atoms with Crippen LogP contribution in [0.1, 0.15) is 24.0 Å². The van der Waals surface area contributed by atoms with E-state index in [0.717, 1.165) is 25.0 Å². The lowest BCUT2D eigenvalue weighted by Gasteiger charge is -2.13. The molecule has 0 unspecified atom stereocenters. The third kappa shape index (κ3) is 1.90. The summed E-state index contributed by atoms with van der Waals surface area (Å²) < 4.78 is 5.34. The monoisotopic (exact) mass is 191 g/mol. The second-order valence-corrected chi connectivity index (χ2v) is 4.35. The molecule has 2 heteroatoms. The maximum Gasteiger partial charge on any atom is 0.122 e. The van der Waals surface area contributed by atoms with Crippen molar-refractivity contribution in [2.24, 2.45) is 5.73 Å². The summed E-state index contributed by atoms with van der Waals surface area (Å²) >= 11 is 0. The molecule has 0 amide bonds. The van der Waals surface area contributed by atoms with E-state index in [1.54, 1.807) is 7.11 Å². The van der Waals surface area contributed by atoms with Gasteiger partial charge in [-0.25, -0.2) is 0 Å². The van der Waals surface area contributed by atoms with Crippen molar-refractivity contribution in [1.29, 1.82) is 0 Å². The second-order valence-electron chi connectivity index (χ2n) is 4.35. The SMILES string of the molecule is COc1cc(C)ccc1CC1(N)CC1. The van der Waals surface area contributed by atoms with E-state index in [-0.39, 0.29) is 5.54 Å². The topological polar surface area (TPSA) is 35.2 Å². The Hall–Kier alpha value is -1.02. The van der Waals surface area contributed by atoms with E-state index in [9.17, 15) is 0 Å². The van der Waals surface area contributed by atoms with Gasteiger partial charge < -0.3 is 10.5 Å². The van der Waals surface area contributed by atoms with Crippen molar-refractivity contribution in [3.05, 3.63) is 29.3 Å². The number of methoxy groups -OCH3 is 1. The van der Waals surface area contributed by atoms with Gasteiger partial charge in [-0.05, 0) is 43.4 Å². The zero-order chi connectivity index (χ0) is 10.2. The van der Waals surface area contributed by atoms with Gasteiger partial charge in [-0.3, -0.25) is 0 Å². The first-order valence-electron chi connectivity index (χ1n) is 5.05. The Labute approximate surface area is 85.1 Å². The van der Waals surface area contributed by atoms with Crippen molar-refractivity contribution in [3.8, 4) is 5.75 Å². The van der Waals surface area contributed by atoms with Gasteiger partial charge >= 0.3 is 0 Å². The molecule has 1 aliphatic carbocycles. The minimum absolute atomic E-state index is 0.0581. The maximum absolute atomic E-state index is 6.08. The van der Waals surface area contributed by atoms with Crippen molar-refractivity contribution >= 4 is 0 Å². The van der Waals surface area contributed by atoms with Crippen LogP contribution in [0.3, 0.4) is 0 Å². The molecule has 1 fully saturated rings. The minimum atomic E-state index is 0.0581. The van der Waals surface area contributed by atoms with Crippen molar-refractivity contribution in [3.63, 3.8) is 0 Å². The number of hydrogen-bond acceptors (Lipinski definition) is 2. The molecule has 0 saturated heterocycles. The van der Waals surface area contributed by atoms with Crippen LogP contribution in [0.15, 0.2) is 18.2 Å². The normalized spacial score (nSPS) is 17.9. The highest BCUT2D eigenvalue weighted by Gasteiger charge is 2.38. The van der Waals surface area contributed by atoms with E-state index < -0.39 is 0 Å². The van der Waals surface area contributed by atoms with Crippen molar-refractivity contribution in [1.82, 2.24) is 0 Å². The second kappa shape index (κ2) is 3.28. The van der Waals surface area contributed by atoms with E-state index in [0.29, 0.717) is 0 Å². The van der Waals surface area contributed by atoms with Gasteiger partial charge in [-0.15, -0.1) is 0 Å². The van der Waals surface area contributed by atoms with Crippen LogP contribution in [0.2, 0.25) is 0 Å². The molecule has 14 heavy (non-hydrogen) atoms. The lowest BCUT2D eigenvalue weighted by atomic mass is 10.0. The predicted octanol–water partition coefficient (Wildman–Crippen LogP) is 2.04. The molecule has 1 aliphatic rings. The number of aryl methyl sites for hydroxylation is 1. The van der Waals surface area contributed by atoms with Gasteiger partial charge in [0, 0.05) is 5.54 Å². The van der Waals surface area contributed by atoms with E-state index in [2.05, 4.69) is 25.1 Å². The first-order chi connectivity index (χ1) is 6.63. The number of nitrogens with two attached hydrogens (primary N) is 1. The summed E-state index contributed by atoms with van der Waals surface area (Å²) in [5.41, 5.74) is 8.61. The predicted molar refractivity (Wildman–Crippen MR) is 57.6 cm³/mol. The Morgan fingerprint density at radius 1 is 1.43 bits per heavy atom. The minimum Gasteiger partial charge on any atom is -0.496 e. The van der Waals surface area contributed by atoms with Crippen LogP contribution < -0.4 is 10.5 Å². The number of hydrogen-bond donors (Lipinski definition) is 1. The van der Waals surface area contributed by atoms with E-state index in [1.807, 2.05) is 0 Å². The molecule has 1 saturated carbocycles. The van der Waals surface area contributed by atoms with Gasteiger partial charge in [0.25, 0.3) is 0 Å². The van der Waals surface area contributed by atoms with Gasteiger partial charge in [-0.1, -0.05) is 12.1 Å². The summed E-state index contributed by atoms with van der Waals surface area (Å²) in [6, 6.07) is 6.31. The Morgan fingerprint density at radius 2 is 2.14 bits per heavy atom. The summed E-state index contributed by atoms with van der Waals surface area (Å²) in [5.74, 6) is 0.974. The molecular weight excluding hydrogens is 174 g/mol. The average Bonchev–Trinajstić information content (AvgIpc) is 2.87. The first kappa shape index (κ1) is 9.53. The van der Waals surface area contributed by atoms with Crippen LogP contribution in [-0.2, 0) is 6.42 Å². The highest BCUT2D eigenvalue weighted by Crippen LogP contribution is 2.37. The third-order valence-electron chi connectivity index (χ3n) is 2.88. The first-order valence-corrected chi connectivity index (χ1v) is 5.05. The molecular formula is C12H17NO. The summed E-state index contributed by atoms with van der Waals surface area (Å²) in [6.07, 6.45) is 3.23. The molecule has 0 aliphatic heterocycles.